The Balaban J connectivity index is 0.000000671. The lowest BCUT2D eigenvalue weighted by Crippen LogP contribution is -1.85. The molecule has 1 aromatic carbocycles. The van der Waals surface area contributed by atoms with E-state index in [0.717, 1.165) is 11.6 Å². The van der Waals surface area contributed by atoms with Gasteiger partial charge in [-0.25, -0.2) is 4.79 Å². The first-order chi connectivity index (χ1) is 6.29. The lowest BCUT2D eigenvalue weighted by Gasteiger charge is -1.87. The maximum atomic E-state index is 10.1. The Hall–Kier alpha value is -1.83. The van der Waals surface area contributed by atoms with Crippen LogP contribution in [0.15, 0.2) is 49.6 Å². The van der Waals surface area contributed by atoms with Crippen molar-refractivity contribution in [3.05, 3.63) is 55.1 Å². The number of carboxylic acid groups (broad SMARTS) is 1. The largest absolute Gasteiger partial charge is 0.478 e. The van der Waals surface area contributed by atoms with E-state index in [1.807, 2.05) is 30.3 Å². The Morgan fingerprint density at radius 1 is 1.23 bits per heavy atom. The molecule has 0 unspecified atom stereocenters. The highest BCUT2D eigenvalue weighted by Gasteiger charge is 1.85. The normalized spacial score (nSPS) is 8.92. The second-order valence-corrected chi connectivity index (χ2v) is 2.08. The summed E-state index contributed by atoms with van der Waals surface area (Å²) in [6.45, 7) is 6.00. The van der Waals surface area contributed by atoms with E-state index in [1.54, 1.807) is 6.08 Å². The number of rotatable bonds is 2. The van der Waals surface area contributed by atoms with Gasteiger partial charge in [-0.05, 0) is 11.6 Å². The average Bonchev–Trinajstić information content (AvgIpc) is 2.19. The molecule has 0 fully saturated rings. The first-order valence-corrected chi connectivity index (χ1v) is 3.75. The zero-order valence-electron chi connectivity index (χ0n) is 7.31. The first-order valence-electron chi connectivity index (χ1n) is 3.75. The fraction of sp³-hybridized carbons (Fsp3) is 0. The SMILES string of the molecule is C=C.O=C(O)C=Cc1ccccc1. The molecule has 0 amide bonds. The van der Waals surface area contributed by atoms with Gasteiger partial charge in [-0.15, -0.1) is 13.2 Å². The number of benzene rings is 1. The summed E-state index contributed by atoms with van der Waals surface area (Å²) < 4.78 is 0. The molecule has 1 rings (SSSR count). The quantitative estimate of drug-likeness (QED) is 0.555. The van der Waals surface area contributed by atoms with Gasteiger partial charge in [-0.2, -0.15) is 0 Å². The highest BCUT2D eigenvalue weighted by molar-refractivity contribution is 5.85. The molecule has 0 aliphatic carbocycles. The number of carbonyl (C=O) groups is 1. The minimum Gasteiger partial charge on any atom is -0.478 e. The Bertz CT molecular complexity index is 275. The topological polar surface area (TPSA) is 37.3 Å². The molecule has 2 nitrogen and oxygen atoms in total. The van der Waals surface area contributed by atoms with E-state index >= 15 is 0 Å². The van der Waals surface area contributed by atoms with Crippen molar-refractivity contribution in [2.24, 2.45) is 0 Å². The van der Waals surface area contributed by atoms with E-state index in [9.17, 15) is 4.79 Å². The molecule has 0 atom stereocenters. The summed E-state index contributed by atoms with van der Waals surface area (Å²) >= 11 is 0. The van der Waals surface area contributed by atoms with Crippen LogP contribution < -0.4 is 0 Å². The standard InChI is InChI=1S/C9H8O2.C2H4/c10-9(11)7-6-8-4-2-1-3-5-8;1-2/h1-7H,(H,10,11);1-2H2. The Kier molecular flexibility index (Phi) is 5.89. The third kappa shape index (κ3) is 5.44. The van der Waals surface area contributed by atoms with Crippen molar-refractivity contribution in [2.45, 2.75) is 0 Å². The Morgan fingerprint density at radius 2 is 1.77 bits per heavy atom. The molecule has 0 aromatic heterocycles. The smallest absolute Gasteiger partial charge is 0.328 e. The van der Waals surface area contributed by atoms with Crippen LogP contribution in [0.2, 0.25) is 0 Å². The summed E-state index contributed by atoms with van der Waals surface area (Å²) in [5.74, 6) is -0.922. The van der Waals surface area contributed by atoms with E-state index in [1.165, 1.54) is 0 Å². The van der Waals surface area contributed by atoms with Crippen LogP contribution in [-0.4, -0.2) is 11.1 Å². The van der Waals surface area contributed by atoms with Crippen molar-refractivity contribution >= 4 is 12.0 Å². The molecule has 0 saturated carbocycles. The predicted molar refractivity (Wildman–Crippen MR) is 54.4 cm³/mol. The number of aliphatic carboxylic acids is 1. The van der Waals surface area contributed by atoms with Gasteiger partial charge in [-0.3, -0.25) is 0 Å². The molecule has 2 heteroatoms. The predicted octanol–water partition coefficient (Wildman–Crippen LogP) is 2.59. The molecular formula is C11H12O2. The molecule has 0 bridgehead atoms. The van der Waals surface area contributed by atoms with Crippen molar-refractivity contribution < 1.29 is 9.90 Å². The second-order valence-electron chi connectivity index (χ2n) is 2.08. The summed E-state index contributed by atoms with van der Waals surface area (Å²) in [4.78, 5) is 10.1. The highest BCUT2D eigenvalue weighted by atomic mass is 16.4. The summed E-state index contributed by atoms with van der Waals surface area (Å²) in [5, 5.41) is 8.29. The van der Waals surface area contributed by atoms with Crippen LogP contribution in [0.3, 0.4) is 0 Å². The van der Waals surface area contributed by atoms with Gasteiger partial charge in [0.2, 0.25) is 0 Å². The van der Waals surface area contributed by atoms with Gasteiger partial charge in [0.1, 0.15) is 0 Å². The van der Waals surface area contributed by atoms with Crippen molar-refractivity contribution in [3.63, 3.8) is 0 Å². The fourth-order valence-electron chi connectivity index (χ4n) is 0.732. The molecule has 1 N–H and O–H groups in total. The molecule has 0 aliphatic heterocycles. The van der Waals surface area contributed by atoms with E-state index in [-0.39, 0.29) is 0 Å². The maximum Gasteiger partial charge on any atom is 0.328 e. The summed E-state index contributed by atoms with van der Waals surface area (Å²) in [6, 6.07) is 9.31. The molecule has 0 radical (unpaired) electrons. The summed E-state index contributed by atoms with van der Waals surface area (Å²) in [6.07, 6.45) is 2.68. The first kappa shape index (κ1) is 11.2. The van der Waals surface area contributed by atoms with E-state index in [4.69, 9.17) is 5.11 Å². The number of hydrogen-bond donors (Lipinski definition) is 1. The zero-order valence-corrected chi connectivity index (χ0v) is 7.31. The van der Waals surface area contributed by atoms with Crippen LogP contribution in [0.25, 0.3) is 6.08 Å². The lowest BCUT2D eigenvalue weighted by molar-refractivity contribution is -0.131. The van der Waals surface area contributed by atoms with Gasteiger partial charge in [0.25, 0.3) is 0 Å². The monoisotopic (exact) mass is 176 g/mol. The van der Waals surface area contributed by atoms with Crippen LogP contribution in [0.5, 0.6) is 0 Å². The fourth-order valence-corrected chi connectivity index (χ4v) is 0.732. The van der Waals surface area contributed by atoms with Crippen LogP contribution >= 0.6 is 0 Å². The van der Waals surface area contributed by atoms with Crippen LogP contribution in [-0.2, 0) is 4.79 Å². The number of hydrogen-bond acceptors (Lipinski definition) is 1. The van der Waals surface area contributed by atoms with Crippen LogP contribution in [0.4, 0.5) is 0 Å². The maximum absolute atomic E-state index is 10.1. The van der Waals surface area contributed by atoms with Gasteiger partial charge in [-0.1, -0.05) is 30.3 Å². The second kappa shape index (κ2) is 6.85. The minimum absolute atomic E-state index is 0.898. The van der Waals surface area contributed by atoms with E-state index in [0.29, 0.717) is 0 Å². The van der Waals surface area contributed by atoms with Gasteiger partial charge >= 0.3 is 5.97 Å². The lowest BCUT2D eigenvalue weighted by atomic mass is 10.2. The zero-order chi connectivity index (χ0) is 10.1. The Morgan fingerprint density at radius 3 is 2.23 bits per heavy atom. The molecule has 0 spiro atoms. The van der Waals surface area contributed by atoms with E-state index in [2.05, 4.69) is 13.2 Å². The third-order valence-corrected chi connectivity index (χ3v) is 1.22. The molecule has 0 saturated heterocycles. The molecule has 0 aliphatic rings. The number of carboxylic acids is 1. The molecule has 68 valence electrons. The van der Waals surface area contributed by atoms with Crippen molar-refractivity contribution in [1.82, 2.24) is 0 Å². The van der Waals surface area contributed by atoms with Crippen molar-refractivity contribution in [2.75, 3.05) is 0 Å². The molecule has 1 aromatic rings. The minimum atomic E-state index is -0.922. The summed E-state index contributed by atoms with van der Waals surface area (Å²) in [5.41, 5.74) is 0.898. The van der Waals surface area contributed by atoms with Gasteiger partial charge in [0, 0.05) is 6.08 Å². The van der Waals surface area contributed by atoms with Gasteiger partial charge in [0.05, 0.1) is 0 Å². The Labute approximate surface area is 77.8 Å². The summed E-state index contributed by atoms with van der Waals surface area (Å²) in [7, 11) is 0. The van der Waals surface area contributed by atoms with Gasteiger partial charge in [0.15, 0.2) is 0 Å². The molecule has 13 heavy (non-hydrogen) atoms. The van der Waals surface area contributed by atoms with E-state index < -0.39 is 5.97 Å². The van der Waals surface area contributed by atoms with Gasteiger partial charge < -0.3 is 5.11 Å². The highest BCUT2D eigenvalue weighted by Crippen LogP contribution is 1.99. The average molecular weight is 176 g/mol. The van der Waals surface area contributed by atoms with Crippen molar-refractivity contribution in [3.8, 4) is 0 Å². The van der Waals surface area contributed by atoms with Crippen LogP contribution in [0, 0.1) is 0 Å². The third-order valence-electron chi connectivity index (χ3n) is 1.22. The molecule has 0 heterocycles. The van der Waals surface area contributed by atoms with Crippen molar-refractivity contribution in [1.29, 1.82) is 0 Å². The molecular weight excluding hydrogens is 164 g/mol. The van der Waals surface area contributed by atoms with Crippen LogP contribution in [0.1, 0.15) is 5.56 Å².